The van der Waals surface area contributed by atoms with Gasteiger partial charge in [-0.1, -0.05) is 27.7 Å². The first-order chi connectivity index (χ1) is 14.5. The molecule has 176 valence electrons. The largest absolute Gasteiger partial charge is 0.376 e. The minimum absolute atomic E-state index is 0.0116. The first kappa shape index (κ1) is 26.8. The van der Waals surface area contributed by atoms with Gasteiger partial charge in [-0.15, -0.1) is 0 Å². The van der Waals surface area contributed by atoms with E-state index in [0.29, 0.717) is 26.4 Å². The molecule has 1 saturated heterocycles. The van der Waals surface area contributed by atoms with Gasteiger partial charge in [0.05, 0.1) is 26.4 Å². The Labute approximate surface area is 182 Å². The summed E-state index contributed by atoms with van der Waals surface area (Å²) in [6.07, 6.45) is 3.26. The van der Waals surface area contributed by atoms with Crippen LogP contribution in [0, 0.1) is 0 Å². The van der Waals surface area contributed by atoms with E-state index < -0.39 is 0 Å². The van der Waals surface area contributed by atoms with Crippen LogP contribution in [0.2, 0.25) is 0 Å². The molecular weight excluding hydrogens is 388 g/mol. The van der Waals surface area contributed by atoms with Gasteiger partial charge in [-0.05, 0) is 25.7 Å². The van der Waals surface area contributed by atoms with Crippen molar-refractivity contribution in [1.29, 1.82) is 0 Å². The van der Waals surface area contributed by atoms with Gasteiger partial charge in [0.1, 0.15) is 25.4 Å². The number of carbonyl (C=O) groups is 2. The number of ether oxygens (including phenoxy) is 4. The molecule has 0 bridgehead atoms. The summed E-state index contributed by atoms with van der Waals surface area (Å²) >= 11 is 0. The molecule has 0 radical (unpaired) electrons. The number of hydrogen-bond donors (Lipinski definition) is 0. The van der Waals surface area contributed by atoms with Gasteiger partial charge in [0.15, 0.2) is 0 Å². The lowest BCUT2D eigenvalue weighted by atomic mass is 10.3. The van der Waals surface area contributed by atoms with Crippen molar-refractivity contribution in [3.8, 4) is 0 Å². The van der Waals surface area contributed by atoms with Crippen LogP contribution in [0.5, 0.6) is 0 Å². The monoisotopic (exact) mass is 430 g/mol. The Hall–Kier alpha value is -1.22. The standard InChI is InChI=1S/C22H42N2O6/c1-5-9-23(10-6-2)21(25)17-28-15-19-13-27-14-20(30-19)16-29-18-22(26)24(11-7-3)12-8-4/h19-20H,5-18H2,1-4H3. The van der Waals surface area contributed by atoms with Gasteiger partial charge in [0.2, 0.25) is 11.8 Å². The van der Waals surface area contributed by atoms with Crippen LogP contribution < -0.4 is 0 Å². The van der Waals surface area contributed by atoms with Crippen molar-refractivity contribution in [2.45, 2.75) is 65.6 Å². The highest BCUT2D eigenvalue weighted by atomic mass is 16.6. The van der Waals surface area contributed by atoms with Gasteiger partial charge in [-0.2, -0.15) is 0 Å². The minimum atomic E-state index is -0.238. The Kier molecular flexibility index (Phi) is 14.7. The molecule has 2 unspecified atom stereocenters. The third-order valence-corrected chi connectivity index (χ3v) is 4.73. The molecule has 0 aromatic heterocycles. The number of hydrogen-bond acceptors (Lipinski definition) is 6. The van der Waals surface area contributed by atoms with Crippen LogP contribution in [-0.4, -0.2) is 99.6 Å². The first-order valence-electron chi connectivity index (χ1n) is 11.5. The highest BCUT2D eigenvalue weighted by Crippen LogP contribution is 2.10. The van der Waals surface area contributed by atoms with Crippen LogP contribution in [0.15, 0.2) is 0 Å². The summed E-state index contributed by atoms with van der Waals surface area (Å²) in [6.45, 7) is 12.8. The molecule has 0 aromatic carbocycles. The van der Waals surface area contributed by atoms with Crippen molar-refractivity contribution >= 4 is 11.8 Å². The van der Waals surface area contributed by atoms with Gasteiger partial charge in [0.25, 0.3) is 0 Å². The molecule has 2 atom stereocenters. The maximum atomic E-state index is 12.3. The molecule has 0 spiro atoms. The van der Waals surface area contributed by atoms with E-state index in [1.807, 2.05) is 9.80 Å². The molecule has 0 aromatic rings. The molecule has 0 saturated carbocycles. The van der Waals surface area contributed by atoms with Crippen molar-refractivity contribution in [1.82, 2.24) is 9.80 Å². The fraction of sp³-hybridized carbons (Fsp3) is 0.909. The third kappa shape index (κ3) is 10.7. The van der Waals surface area contributed by atoms with E-state index in [1.54, 1.807) is 0 Å². The van der Waals surface area contributed by atoms with Gasteiger partial charge in [-0.3, -0.25) is 9.59 Å². The number of amides is 2. The summed E-state index contributed by atoms with van der Waals surface area (Å²) in [5.41, 5.74) is 0. The zero-order valence-corrected chi connectivity index (χ0v) is 19.4. The van der Waals surface area contributed by atoms with Gasteiger partial charge in [-0.25, -0.2) is 0 Å². The second-order valence-electron chi connectivity index (χ2n) is 7.71. The highest BCUT2D eigenvalue weighted by Gasteiger charge is 2.24. The lowest BCUT2D eigenvalue weighted by Gasteiger charge is -2.30. The Morgan fingerprint density at radius 1 is 0.733 bits per heavy atom. The second-order valence-corrected chi connectivity index (χ2v) is 7.71. The van der Waals surface area contributed by atoms with E-state index in [-0.39, 0.29) is 37.2 Å². The van der Waals surface area contributed by atoms with Crippen LogP contribution in [0.1, 0.15) is 53.4 Å². The van der Waals surface area contributed by atoms with Crippen molar-refractivity contribution in [2.24, 2.45) is 0 Å². The van der Waals surface area contributed by atoms with E-state index in [2.05, 4.69) is 27.7 Å². The summed E-state index contributed by atoms with van der Waals surface area (Å²) in [7, 11) is 0. The fourth-order valence-electron chi connectivity index (χ4n) is 3.40. The lowest BCUT2D eigenvalue weighted by molar-refractivity contribution is -0.177. The topological polar surface area (TPSA) is 77.5 Å². The predicted octanol–water partition coefficient (Wildman–Crippen LogP) is 2.10. The molecule has 30 heavy (non-hydrogen) atoms. The normalized spacial score (nSPS) is 18.9. The second kappa shape index (κ2) is 16.5. The smallest absolute Gasteiger partial charge is 0.248 e. The van der Waals surface area contributed by atoms with Gasteiger partial charge < -0.3 is 28.7 Å². The summed E-state index contributed by atoms with van der Waals surface area (Å²) in [5, 5.41) is 0. The highest BCUT2D eigenvalue weighted by molar-refractivity contribution is 5.77. The summed E-state index contributed by atoms with van der Waals surface area (Å²) in [5.74, 6) is 0.0232. The molecule has 1 fully saturated rings. The summed E-state index contributed by atoms with van der Waals surface area (Å²) in [6, 6.07) is 0. The predicted molar refractivity (Wildman–Crippen MR) is 115 cm³/mol. The molecule has 1 heterocycles. The quantitative estimate of drug-likeness (QED) is 0.373. The van der Waals surface area contributed by atoms with Crippen LogP contribution in [0.4, 0.5) is 0 Å². The molecule has 8 heteroatoms. The number of carbonyl (C=O) groups excluding carboxylic acids is 2. The molecule has 1 aliphatic rings. The van der Waals surface area contributed by atoms with Crippen molar-refractivity contribution in [3.05, 3.63) is 0 Å². The van der Waals surface area contributed by atoms with E-state index >= 15 is 0 Å². The maximum Gasteiger partial charge on any atom is 0.248 e. The first-order valence-corrected chi connectivity index (χ1v) is 11.5. The lowest BCUT2D eigenvalue weighted by Crippen LogP contribution is -2.43. The van der Waals surface area contributed by atoms with Crippen LogP contribution in [0.25, 0.3) is 0 Å². The average Bonchev–Trinajstić information content (AvgIpc) is 2.73. The molecule has 0 aliphatic carbocycles. The van der Waals surface area contributed by atoms with Crippen LogP contribution >= 0.6 is 0 Å². The third-order valence-electron chi connectivity index (χ3n) is 4.73. The van der Waals surface area contributed by atoms with E-state index in [9.17, 15) is 9.59 Å². The molecule has 8 nitrogen and oxygen atoms in total. The van der Waals surface area contributed by atoms with Gasteiger partial charge >= 0.3 is 0 Å². The minimum Gasteiger partial charge on any atom is -0.376 e. The molecule has 2 amide bonds. The van der Waals surface area contributed by atoms with E-state index in [1.165, 1.54) is 0 Å². The summed E-state index contributed by atoms with van der Waals surface area (Å²) < 4.78 is 22.7. The molecule has 1 rings (SSSR count). The fourth-order valence-corrected chi connectivity index (χ4v) is 3.40. The Morgan fingerprint density at radius 3 is 1.43 bits per heavy atom. The van der Waals surface area contributed by atoms with E-state index in [4.69, 9.17) is 18.9 Å². The van der Waals surface area contributed by atoms with E-state index in [0.717, 1.165) is 51.9 Å². The average molecular weight is 431 g/mol. The van der Waals surface area contributed by atoms with Crippen molar-refractivity contribution in [2.75, 3.05) is 65.8 Å². The van der Waals surface area contributed by atoms with Crippen LogP contribution in [0.3, 0.4) is 0 Å². The van der Waals surface area contributed by atoms with Crippen LogP contribution in [-0.2, 0) is 28.5 Å². The molecule has 0 N–H and O–H groups in total. The Balaban J connectivity index is 2.28. The summed E-state index contributed by atoms with van der Waals surface area (Å²) in [4.78, 5) is 28.2. The molecule has 1 aliphatic heterocycles. The SMILES string of the molecule is CCCN(CCC)C(=O)COCC1COCC(COCC(=O)N(CCC)CCC)O1. The van der Waals surface area contributed by atoms with Crippen molar-refractivity contribution in [3.63, 3.8) is 0 Å². The van der Waals surface area contributed by atoms with Gasteiger partial charge in [0, 0.05) is 26.2 Å². The van der Waals surface area contributed by atoms with Crippen molar-refractivity contribution < 1.29 is 28.5 Å². The zero-order chi connectivity index (χ0) is 22.2. The molecular formula is C22H42N2O6. The Morgan fingerprint density at radius 2 is 1.10 bits per heavy atom. The number of rotatable bonds is 16. The number of nitrogens with zero attached hydrogens (tertiary/aromatic N) is 2. The maximum absolute atomic E-state index is 12.3. The zero-order valence-electron chi connectivity index (χ0n) is 19.4. The Bertz CT molecular complexity index is 425.